The van der Waals surface area contributed by atoms with Gasteiger partial charge in [0.2, 0.25) is 5.88 Å². The van der Waals surface area contributed by atoms with Gasteiger partial charge in [-0.25, -0.2) is 9.97 Å². The first-order chi connectivity index (χ1) is 16.2. The molecule has 0 radical (unpaired) electrons. The van der Waals surface area contributed by atoms with Gasteiger partial charge in [0.05, 0.1) is 29.4 Å². The first-order valence-electron chi connectivity index (χ1n) is 12.2. The molecular formula is C27H41Br2N3O2Si. The molecule has 194 valence electrons. The Hall–Kier alpha value is -1.22. The monoisotopic (exact) mass is 625 g/mol. The third-order valence-corrected chi connectivity index (χ3v) is 12.4. The van der Waals surface area contributed by atoms with Gasteiger partial charge in [-0.05, 0) is 86.1 Å². The Morgan fingerprint density at radius 1 is 1.14 bits per heavy atom. The number of ether oxygens (including phenoxy) is 1. The topological polar surface area (TPSA) is 47.5 Å². The molecule has 2 aromatic rings. The highest BCUT2D eigenvalue weighted by Gasteiger charge is 2.37. The molecule has 0 aromatic carbocycles. The summed E-state index contributed by atoms with van der Waals surface area (Å²) in [6.45, 7) is 19.3. The minimum atomic E-state index is -1.78. The molecule has 0 aliphatic heterocycles. The van der Waals surface area contributed by atoms with Crippen LogP contribution in [0.4, 0.5) is 5.82 Å². The fraction of sp³-hybridized carbons (Fsp3) is 0.556. The van der Waals surface area contributed by atoms with Gasteiger partial charge in [0.25, 0.3) is 0 Å². The summed E-state index contributed by atoms with van der Waals surface area (Å²) in [4.78, 5) is 11.9. The lowest BCUT2D eigenvalue weighted by Gasteiger charge is -2.36. The van der Waals surface area contributed by atoms with Crippen LogP contribution in [0.1, 0.15) is 59.6 Å². The van der Waals surface area contributed by atoms with E-state index in [-0.39, 0.29) is 5.04 Å². The number of hydrogen-bond acceptors (Lipinski definition) is 5. The maximum absolute atomic E-state index is 6.45. The van der Waals surface area contributed by atoms with Crippen molar-refractivity contribution in [1.29, 1.82) is 0 Å². The van der Waals surface area contributed by atoms with Gasteiger partial charge < -0.3 is 14.1 Å². The summed E-state index contributed by atoms with van der Waals surface area (Å²) < 4.78 is 13.9. The molecule has 5 nitrogen and oxygen atoms in total. The van der Waals surface area contributed by atoms with E-state index in [1.165, 1.54) is 5.57 Å². The summed E-state index contributed by atoms with van der Waals surface area (Å²) in [5.74, 6) is 1.76. The van der Waals surface area contributed by atoms with Crippen molar-refractivity contribution in [2.24, 2.45) is 0 Å². The molecule has 0 unspecified atom stereocenters. The summed E-state index contributed by atoms with van der Waals surface area (Å²) in [5, 5.41) is 0.203. The molecule has 0 atom stereocenters. The molecule has 2 rings (SSSR count). The Morgan fingerprint density at radius 2 is 1.80 bits per heavy atom. The molecule has 2 aromatic heterocycles. The average molecular weight is 628 g/mol. The first-order valence-corrected chi connectivity index (χ1v) is 16.7. The van der Waals surface area contributed by atoms with Crippen LogP contribution < -0.4 is 9.64 Å². The maximum Gasteiger partial charge on any atom is 0.222 e. The Morgan fingerprint density at radius 3 is 2.34 bits per heavy atom. The second-order valence-corrected chi connectivity index (χ2v) is 17.2. The zero-order valence-electron chi connectivity index (χ0n) is 22.9. The standard InChI is InChI=1S/C27H41Br2N3O2Si/c1-11-19(17-34-35(9,10)27(4,5)6)14-15-32(7)25-22(29)16-21(28)24(31-25)20-12-13-23(18(2)3)30-26(20)33-8/h12-14,16,18H,11,15,17H2,1-10H3/b19-14-. The van der Waals surface area contributed by atoms with Crippen LogP contribution in [0.25, 0.3) is 11.3 Å². The molecule has 0 bridgehead atoms. The van der Waals surface area contributed by atoms with Gasteiger partial charge in [-0.15, -0.1) is 0 Å². The minimum Gasteiger partial charge on any atom is -0.480 e. The van der Waals surface area contributed by atoms with E-state index in [0.29, 0.717) is 18.4 Å². The van der Waals surface area contributed by atoms with Crippen LogP contribution in [-0.4, -0.2) is 45.6 Å². The second-order valence-electron chi connectivity index (χ2n) is 10.7. The molecule has 2 heterocycles. The van der Waals surface area contributed by atoms with Gasteiger partial charge in [0.1, 0.15) is 5.82 Å². The van der Waals surface area contributed by atoms with Crippen LogP contribution in [0, 0.1) is 0 Å². The quantitative estimate of drug-likeness (QED) is 0.195. The zero-order valence-corrected chi connectivity index (χ0v) is 27.1. The molecule has 0 saturated carbocycles. The van der Waals surface area contributed by atoms with Crippen molar-refractivity contribution >= 4 is 46.0 Å². The number of pyridine rings is 2. The molecular weight excluding hydrogens is 586 g/mol. The zero-order chi connectivity index (χ0) is 26.6. The van der Waals surface area contributed by atoms with E-state index in [0.717, 1.165) is 44.7 Å². The van der Waals surface area contributed by atoms with Crippen molar-refractivity contribution in [3.05, 3.63) is 44.5 Å². The summed E-state index contributed by atoms with van der Waals surface area (Å²) >= 11 is 7.39. The number of nitrogens with zero attached hydrogens (tertiary/aromatic N) is 3. The largest absolute Gasteiger partial charge is 0.480 e. The van der Waals surface area contributed by atoms with Crippen molar-refractivity contribution in [2.75, 3.05) is 32.2 Å². The van der Waals surface area contributed by atoms with Crippen LogP contribution in [0.2, 0.25) is 18.1 Å². The van der Waals surface area contributed by atoms with E-state index in [4.69, 9.17) is 19.1 Å². The molecule has 0 aliphatic carbocycles. The predicted molar refractivity (Wildman–Crippen MR) is 158 cm³/mol. The molecule has 35 heavy (non-hydrogen) atoms. The number of anilines is 1. The van der Waals surface area contributed by atoms with Crippen LogP contribution in [0.15, 0.2) is 38.8 Å². The van der Waals surface area contributed by atoms with Crippen molar-refractivity contribution in [2.45, 2.75) is 72.0 Å². The summed E-state index contributed by atoms with van der Waals surface area (Å²) in [7, 11) is 1.93. The van der Waals surface area contributed by atoms with E-state index in [1.807, 2.05) is 18.2 Å². The number of aromatic nitrogens is 2. The Kier molecular flexibility index (Phi) is 10.6. The molecule has 0 saturated heterocycles. The highest BCUT2D eigenvalue weighted by molar-refractivity contribution is 9.11. The Bertz CT molecular complexity index is 1050. The Labute approximate surface area is 230 Å². The van der Waals surface area contributed by atoms with Gasteiger partial charge in [-0.3, -0.25) is 0 Å². The van der Waals surface area contributed by atoms with Crippen molar-refractivity contribution < 1.29 is 9.16 Å². The fourth-order valence-electron chi connectivity index (χ4n) is 3.17. The van der Waals surface area contributed by atoms with Crippen LogP contribution in [-0.2, 0) is 4.43 Å². The number of rotatable bonds is 10. The molecule has 0 amide bonds. The van der Waals surface area contributed by atoms with Crippen LogP contribution in [0.3, 0.4) is 0 Å². The van der Waals surface area contributed by atoms with Gasteiger partial charge in [-0.1, -0.05) is 47.6 Å². The summed E-state index contributed by atoms with van der Waals surface area (Å²) in [6, 6.07) is 6.12. The lowest BCUT2D eigenvalue weighted by Crippen LogP contribution is -2.41. The van der Waals surface area contributed by atoms with Gasteiger partial charge in [0, 0.05) is 23.8 Å². The lowest BCUT2D eigenvalue weighted by atomic mass is 10.1. The molecule has 0 N–H and O–H groups in total. The molecule has 0 fully saturated rings. The van der Waals surface area contributed by atoms with Crippen molar-refractivity contribution in [3.63, 3.8) is 0 Å². The first kappa shape index (κ1) is 30.0. The fourth-order valence-corrected chi connectivity index (χ4v) is 5.61. The second kappa shape index (κ2) is 12.3. The molecule has 0 aliphatic rings. The number of methoxy groups -OCH3 is 1. The van der Waals surface area contributed by atoms with E-state index < -0.39 is 8.32 Å². The average Bonchev–Trinajstić information content (AvgIpc) is 2.77. The third-order valence-electron chi connectivity index (χ3n) is 6.73. The number of hydrogen-bond donors (Lipinski definition) is 0. The Balaban J connectivity index is 2.31. The third kappa shape index (κ3) is 7.63. The van der Waals surface area contributed by atoms with E-state index in [2.05, 4.69) is 105 Å². The van der Waals surface area contributed by atoms with Gasteiger partial charge in [-0.2, -0.15) is 0 Å². The van der Waals surface area contributed by atoms with Crippen molar-refractivity contribution in [1.82, 2.24) is 9.97 Å². The molecule has 0 spiro atoms. The summed E-state index contributed by atoms with van der Waals surface area (Å²) in [6.07, 6.45) is 3.23. The van der Waals surface area contributed by atoms with Crippen molar-refractivity contribution in [3.8, 4) is 17.1 Å². The smallest absolute Gasteiger partial charge is 0.222 e. The van der Waals surface area contributed by atoms with Crippen LogP contribution >= 0.6 is 31.9 Å². The SMILES string of the molecule is CC/C(=C/CN(C)c1nc(-c2ccc(C(C)C)nc2OC)c(Br)cc1Br)CO[Si](C)(C)C(C)(C)C. The highest BCUT2D eigenvalue weighted by Crippen LogP contribution is 2.39. The highest BCUT2D eigenvalue weighted by atomic mass is 79.9. The predicted octanol–water partition coefficient (Wildman–Crippen LogP) is 8.60. The summed E-state index contributed by atoms with van der Waals surface area (Å²) in [5.41, 5.74) is 3.97. The number of halogens is 2. The van der Waals surface area contributed by atoms with E-state index in [1.54, 1.807) is 7.11 Å². The van der Waals surface area contributed by atoms with Crippen LogP contribution in [0.5, 0.6) is 5.88 Å². The lowest BCUT2D eigenvalue weighted by molar-refractivity contribution is 0.315. The molecule has 8 heteroatoms. The normalized spacial score (nSPS) is 12.9. The number of likely N-dealkylation sites (N-methyl/N-ethyl adjacent to an activating group) is 1. The van der Waals surface area contributed by atoms with E-state index >= 15 is 0 Å². The van der Waals surface area contributed by atoms with E-state index in [9.17, 15) is 0 Å². The van der Waals surface area contributed by atoms with Gasteiger partial charge in [0.15, 0.2) is 8.32 Å². The maximum atomic E-state index is 6.45. The van der Waals surface area contributed by atoms with Gasteiger partial charge >= 0.3 is 0 Å². The minimum absolute atomic E-state index is 0.203.